The van der Waals surface area contributed by atoms with Crippen LogP contribution in [-0.4, -0.2) is 54.1 Å². The molecule has 0 saturated carbocycles. The van der Waals surface area contributed by atoms with Crippen molar-refractivity contribution in [1.82, 2.24) is 23.9 Å². The molecular weight excluding hydrogens is 634 g/mol. The maximum Gasteiger partial charge on any atom is 0.267 e. The van der Waals surface area contributed by atoms with Gasteiger partial charge in [-0.1, -0.05) is 48.9 Å². The number of nitrogens with one attached hydrogen (secondary N) is 1. The molecule has 0 aliphatic heterocycles. The van der Waals surface area contributed by atoms with Crippen molar-refractivity contribution in [3.05, 3.63) is 77.3 Å². The molecule has 5 rings (SSSR count). The summed E-state index contributed by atoms with van der Waals surface area (Å²) in [5, 5.41) is -0.0414. The average Bonchev–Trinajstić information content (AvgIpc) is 3.58. The van der Waals surface area contributed by atoms with Crippen molar-refractivity contribution in [2.45, 2.75) is 37.3 Å². The standard InChI is InChI=1S/C28H29Cl2FN6O4SSi/c1-40-28-23(13-19(29)14-33-28)42(38,39)35-21-7-6-20(31)24(25(21)30)18-5-8-22-26(34-16-37(22)15-18)27-32-9-10-36(27)17-41-11-12-43(2,3)4/h5-10,13-16,35H,11-12,17H2,1-4H3. The van der Waals surface area contributed by atoms with Crippen LogP contribution in [0, 0.1) is 5.82 Å². The molecule has 0 saturated heterocycles. The van der Waals surface area contributed by atoms with E-state index in [1.165, 1.54) is 25.4 Å². The SMILES string of the molecule is COc1ncc(Cl)cc1S(=O)(=O)Nc1ccc(F)c(-c2ccc3c(-c4nccn4COCC[Si](C)(C)C)ncn3c2)c1Cl. The summed E-state index contributed by atoms with van der Waals surface area (Å²) in [6.45, 7) is 7.92. The molecule has 4 aromatic heterocycles. The summed E-state index contributed by atoms with van der Waals surface area (Å²) in [6, 6.07) is 8.09. The van der Waals surface area contributed by atoms with E-state index in [1.807, 2.05) is 10.8 Å². The van der Waals surface area contributed by atoms with Crippen LogP contribution in [0.2, 0.25) is 35.7 Å². The van der Waals surface area contributed by atoms with Crippen LogP contribution in [0.1, 0.15) is 0 Å². The molecule has 0 amide bonds. The maximum atomic E-state index is 15.2. The van der Waals surface area contributed by atoms with Gasteiger partial charge in [0.15, 0.2) is 10.7 Å². The number of nitrogens with zero attached hydrogens (tertiary/aromatic N) is 5. The van der Waals surface area contributed by atoms with E-state index in [0.29, 0.717) is 30.4 Å². The minimum atomic E-state index is -4.25. The number of aromatic nitrogens is 5. The zero-order chi connectivity index (χ0) is 30.9. The number of sulfonamides is 1. The van der Waals surface area contributed by atoms with Gasteiger partial charge in [0.25, 0.3) is 10.0 Å². The molecule has 0 unspecified atom stereocenters. The third-order valence-electron chi connectivity index (χ3n) is 6.58. The van der Waals surface area contributed by atoms with Crippen molar-refractivity contribution in [1.29, 1.82) is 0 Å². The second kappa shape index (κ2) is 12.2. The summed E-state index contributed by atoms with van der Waals surface area (Å²) >= 11 is 12.6. The predicted octanol–water partition coefficient (Wildman–Crippen LogP) is 6.83. The lowest BCUT2D eigenvalue weighted by molar-refractivity contribution is 0.0882. The molecule has 4 heterocycles. The fraction of sp³-hybridized carbons (Fsp3) is 0.250. The average molecular weight is 664 g/mol. The molecular formula is C28H29Cl2FN6O4SSi. The van der Waals surface area contributed by atoms with Gasteiger partial charge < -0.3 is 18.4 Å². The summed E-state index contributed by atoms with van der Waals surface area (Å²) < 4.78 is 58.6. The van der Waals surface area contributed by atoms with E-state index in [4.69, 9.17) is 32.7 Å². The quantitative estimate of drug-likeness (QED) is 0.122. The van der Waals surface area contributed by atoms with Crippen molar-refractivity contribution in [3.63, 3.8) is 0 Å². The number of halogens is 3. The van der Waals surface area contributed by atoms with E-state index in [1.54, 1.807) is 35.3 Å². The zero-order valence-electron chi connectivity index (χ0n) is 23.8. The Morgan fingerprint density at radius 1 is 1.09 bits per heavy atom. The largest absolute Gasteiger partial charge is 0.480 e. The van der Waals surface area contributed by atoms with Crippen molar-refractivity contribution in [2.24, 2.45) is 0 Å². The van der Waals surface area contributed by atoms with E-state index < -0.39 is 23.9 Å². The molecule has 5 aromatic rings. The second-order valence-electron chi connectivity index (χ2n) is 10.9. The van der Waals surface area contributed by atoms with Crippen LogP contribution in [0.3, 0.4) is 0 Å². The molecule has 0 atom stereocenters. The van der Waals surface area contributed by atoms with Gasteiger partial charge in [-0.15, -0.1) is 0 Å². The Bertz CT molecular complexity index is 1910. The first-order valence-electron chi connectivity index (χ1n) is 13.1. The molecule has 0 radical (unpaired) electrons. The minimum Gasteiger partial charge on any atom is -0.480 e. The highest BCUT2D eigenvalue weighted by Crippen LogP contribution is 2.38. The van der Waals surface area contributed by atoms with E-state index in [9.17, 15) is 8.42 Å². The number of fused-ring (bicyclic) bond motifs is 1. The lowest BCUT2D eigenvalue weighted by atomic mass is 10.1. The van der Waals surface area contributed by atoms with Gasteiger partial charge in [0.05, 0.1) is 28.4 Å². The third kappa shape index (κ3) is 6.70. The minimum absolute atomic E-state index is 0.00694. The predicted molar refractivity (Wildman–Crippen MR) is 168 cm³/mol. The van der Waals surface area contributed by atoms with Crippen LogP contribution in [0.4, 0.5) is 10.1 Å². The molecule has 10 nitrogen and oxygen atoms in total. The van der Waals surface area contributed by atoms with Gasteiger partial charge in [0.1, 0.15) is 24.6 Å². The number of rotatable bonds is 11. The molecule has 1 N–H and O–H groups in total. The van der Waals surface area contributed by atoms with E-state index >= 15 is 4.39 Å². The van der Waals surface area contributed by atoms with Gasteiger partial charge in [-0.3, -0.25) is 4.72 Å². The van der Waals surface area contributed by atoms with Crippen LogP contribution in [0.15, 0.2) is 66.3 Å². The molecule has 0 spiro atoms. The van der Waals surface area contributed by atoms with Crippen molar-refractivity contribution >= 4 is 52.5 Å². The Morgan fingerprint density at radius 2 is 1.88 bits per heavy atom. The summed E-state index contributed by atoms with van der Waals surface area (Å²) in [5.74, 6) is -0.161. The highest BCUT2D eigenvalue weighted by molar-refractivity contribution is 7.92. The lowest BCUT2D eigenvalue weighted by Crippen LogP contribution is -2.22. The Labute approximate surface area is 259 Å². The lowest BCUT2D eigenvalue weighted by Gasteiger charge is -2.16. The highest BCUT2D eigenvalue weighted by Gasteiger charge is 2.25. The van der Waals surface area contributed by atoms with Crippen molar-refractivity contribution in [3.8, 4) is 28.5 Å². The van der Waals surface area contributed by atoms with Crippen LogP contribution >= 0.6 is 23.2 Å². The summed E-state index contributed by atoms with van der Waals surface area (Å²) in [4.78, 5) is 12.6. The van der Waals surface area contributed by atoms with Gasteiger partial charge in [-0.2, -0.15) is 0 Å². The topological polar surface area (TPSA) is 113 Å². The van der Waals surface area contributed by atoms with Gasteiger partial charge in [0, 0.05) is 50.6 Å². The second-order valence-corrected chi connectivity index (χ2v) is 19.0. The molecule has 226 valence electrons. The molecule has 0 bridgehead atoms. The van der Waals surface area contributed by atoms with E-state index in [-0.39, 0.29) is 32.1 Å². The fourth-order valence-corrected chi connectivity index (χ4v) is 6.90. The first-order valence-corrected chi connectivity index (χ1v) is 19.1. The summed E-state index contributed by atoms with van der Waals surface area (Å²) in [5.41, 5.74) is 1.73. The number of anilines is 1. The number of pyridine rings is 2. The molecule has 1 aromatic carbocycles. The highest BCUT2D eigenvalue weighted by atomic mass is 35.5. The van der Waals surface area contributed by atoms with Crippen LogP contribution in [0.5, 0.6) is 5.88 Å². The van der Waals surface area contributed by atoms with Gasteiger partial charge in [0.2, 0.25) is 5.88 Å². The Balaban J connectivity index is 1.44. The van der Waals surface area contributed by atoms with Crippen molar-refractivity contribution in [2.75, 3.05) is 18.4 Å². The van der Waals surface area contributed by atoms with Crippen LogP contribution in [-0.2, 0) is 21.5 Å². The Hall–Kier alpha value is -3.49. The number of hydrogen-bond donors (Lipinski definition) is 1. The third-order valence-corrected chi connectivity index (χ3v) is 10.2. The summed E-state index contributed by atoms with van der Waals surface area (Å²) in [7, 11) is -4.18. The van der Waals surface area contributed by atoms with E-state index in [2.05, 4.69) is 39.3 Å². The van der Waals surface area contributed by atoms with Gasteiger partial charge >= 0.3 is 0 Å². The molecule has 15 heteroatoms. The first kappa shape index (κ1) is 30.9. The number of benzene rings is 1. The smallest absolute Gasteiger partial charge is 0.267 e. The van der Waals surface area contributed by atoms with E-state index in [0.717, 1.165) is 17.6 Å². The van der Waals surface area contributed by atoms with Gasteiger partial charge in [-0.25, -0.2) is 27.8 Å². The number of methoxy groups -OCH3 is 1. The van der Waals surface area contributed by atoms with Crippen LogP contribution < -0.4 is 9.46 Å². The number of imidazole rings is 2. The molecule has 0 fully saturated rings. The number of hydrogen-bond acceptors (Lipinski definition) is 7. The first-order chi connectivity index (χ1) is 20.4. The molecule has 0 aliphatic rings. The normalized spacial score (nSPS) is 12.2. The number of ether oxygens (including phenoxy) is 2. The van der Waals surface area contributed by atoms with Crippen LogP contribution in [0.25, 0.3) is 28.2 Å². The molecule has 0 aliphatic carbocycles. The monoisotopic (exact) mass is 662 g/mol. The maximum absolute atomic E-state index is 15.2. The fourth-order valence-electron chi connectivity index (χ4n) is 4.34. The summed E-state index contributed by atoms with van der Waals surface area (Å²) in [6.07, 6.45) is 8.04. The molecule has 43 heavy (non-hydrogen) atoms. The Morgan fingerprint density at radius 3 is 2.63 bits per heavy atom. The zero-order valence-corrected chi connectivity index (χ0v) is 27.1. The Kier molecular flexibility index (Phi) is 8.81. The van der Waals surface area contributed by atoms with Crippen molar-refractivity contribution < 1.29 is 22.3 Å². The van der Waals surface area contributed by atoms with Gasteiger partial charge in [-0.05, 0) is 30.3 Å².